The van der Waals surface area contributed by atoms with E-state index in [9.17, 15) is 18.0 Å². The summed E-state index contributed by atoms with van der Waals surface area (Å²) in [6.45, 7) is 2.63. The van der Waals surface area contributed by atoms with Crippen LogP contribution in [0.4, 0.5) is 0 Å². The lowest BCUT2D eigenvalue weighted by Gasteiger charge is -2.20. The molecule has 2 aromatic rings. The Labute approximate surface area is 157 Å². The number of nitrogens with one attached hydrogen (secondary N) is 1. The predicted molar refractivity (Wildman–Crippen MR) is 103 cm³/mol. The number of carbonyl (C=O) groups is 2. The Balaban J connectivity index is 1.95. The van der Waals surface area contributed by atoms with Gasteiger partial charge >= 0.3 is 0 Å². The Morgan fingerprint density at radius 2 is 1.85 bits per heavy atom. The minimum Gasteiger partial charge on any atom is -0.350 e. The van der Waals surface area contributed by atoms with Crippen molar-refractivity contribution in [2.75, 3.05) is 19.3 Å². The van der Waals surface area contributed by atoms with Crippen molar-refractivity contribution in [1.29, 1.82) is 0 Å². The van der Waals surface area contributed by atoms with Gasteiger partial charge in [-0.15, -0.1) is 11.3 Å². The van der Waals surface area contributed by atoms with Crippen molar-refractivity contribution in [2.45, 2.75) is 19.2 Å². The maximum Gasteiger partial charge on any atom is 0.254 e. The second-order valence-corrected chi connectivity index (χ2v) is 9.11. The molecule has 1 N–H and O–H groups in total. The summed E-state index contributed by atoms with van der Waals surface area (Å²) in [6, 6.07) is 10.3. The van der Waals surface area contributed by atoms with E-state index in [-0.39, 0.29) is 24.1 Å². The third-order valence-electron chi connectivity index (χ3n) is 3.67. The van der Waals surface area contributed by atoms with Crippen LogP contribution in [0, 0.1) is 0 Å². The fourth-order valence-electron chi connectivity index (χ4n) is 2.38. The maximum absolute atomic E-state index is 12.6. The molecule has 140 valence electrons. The van der Waals surface area contributed by atoms with Crippen molar-refractivity contribution < 1.29 is 18.0 Å². The molecule has 0 fully saturated rings. The Bertz CT molecular complexity index is 844. The average molecular weight is 395 g/mol. The second-order valence-electron chi connectivity index (χ2n) is 5.94. The van der Waals surface area contributed by atoms with Gasteiger partial charge in [-0.25, -0.2) is 8.42 Å². The van der Waals surface area contributed by atoms with Gasteiger partial charge in [-0.05, 0) is 36.1 Å². The summed E-state index contributed by atoms with van der Waals surface area (Å²) in [7, 11) is -3.12. The van der Waals surface area contributed by atoms with Crippen LogP contribution in [0.2, 0.25) is 0 Å². The van der Waals surface area contributed by atoms with Crippen molar-refractivity contribution in [1.82, 2.24) is 10.2 Å². The van der Waals surface area contributed by atoms with E-state index in [1.54, 1.807) is 35.6 Å². The number of amides is 2. The molecule has 0 atom stereocenters. The van der Waals surface area contributed by atoms with Gasteiger partial charge in [0.25, 0.3) is 5.91 Å². The van der Waals surface area contributed by atoms with Crippen LogP contribution in [0.1, 0.15) is 27.7 Å². The van der Waals surface area contributed by atoms with Crippen LogP contribution in [0.3, 0.4) is 0 Å². The highest BCUT2D eigenvalue weighted by atomic mass is 32.2. The number of hydrogen-bond donors (Lipinski definition) is 1. The van der Waals surface area contributed by atoms with E-state index in [1.807, 2.05) is 24.4 Å². The largest absolute Gasteiger partial charge is 0.350 e. The fourth-order valence-corrected chi connectivity index (χ4v) is 3.83. The van der Waals surface area contributed by atoms with E-state index in [0.29, 0.717) is 24.2 Å². The summed E-state index contributed by atoms with van der Waals surface area (Å²) >= 11 is 1.56. The molecule has 26 heavy (non-hydrogen) atoms. The first-order chi connectivity index (χ1) is 12.3. The van der Waals surface area contributed by atoms with Crippen LogP contribution < -0.4 is 5.32 Å². The SMILES string of the molecule is CCN(CC(=O)NCc1cccs1)C(=O)c1ccc(CS(C)(=O)=O)cc1. The maximum atomic E-state index is 12.6. The lowest BCUT2D eigenvalue weighted by atomic mass is 10.1. The fraction of sp³-hybridized carbons (Fsp3) is 0.333. The third-order valence-corrected chi connectivity index (χ3v) is 5.41. The summed E-state index contributed by atoms with van der Waals surface area (Å²) in [6.07, 6.45) is 1.17. The van der Waals surface area contributed by atoms with E-state index in [0.717, 1.165) is 4.88 Å². The molecule has 0 saturated carbocycles. The lowest BCUT2D eigenvalue weighted by molar-refractivity contribution is -0.121. The summed E-state index contributed by atoms with van der Waals surface area (Å²) < 4.78 is 22.6. The zero-order chi connectivity index (χ0) is 19.2. The minimum absolute atomic E-state index is 0.0220. The van der Waals surface area contributed by atoms with E-state index in [1.165, 1.54) is 11.2 Å². The van der Waals surface area contributed by atoms with Crippen LogP contribution in [-0.2, 0) is 26.9 Å². The van der Waals surface area contributed by atoms with Gasteiger partial charge < -0.3 is 10.2 Å². The van der Waals surface area contributed by atoms with Gasteiger partial charge in [-0.2, -0.15) is 0 Å². The first-order valence-electron chi connectivity index (χ1n) is 8.13. The van der Waals surface area contributed by atoms with Crippen LogP contribution in [0.15, 0.2) is 41.8 Å². The van der Waals surface area contributed by atoms with Crippen LogP contribution >= 0.6 is 11.3 Å². The number of sulfone groups is 1. The average Bonchev–Trinajstić information content (AvgIpc) is 3.10. The second kappa shape index (κ2) is 8.95. The topological polar surface area (TPSA) is 83.6 Å². The molecule has 1 heterocycles. The minimum atomic E-state index is -3.12. The molecule has 2 amide bonds. The summed E-state index contributed by atoms with van der Waals surface area (Å²) in [5.41, 5.74) is 1.05. The van der Waals surface area contributed by atoms with E-state index in [4.69, 9.17) is 0 Å². The van der Waals surface area contributed by atoms with E-state index >= 15 is 0 Å². The number of hydrogen-bond acceptors (Lipinski definition) is 5. The Morgan fingerprint density at radius 3 is 2.38 bits per heavy atom. The third kappa shape index (κ3) is 6.27. The van der Waals surface area contributed by atoms with Crippen molar-refractivity contribution in [3.05, 3.63) is 57.8 Å². The van der Waals surface area contributed by atoms with Crippen molar-refractivity contribution >= 4 is 33.0 Å². The van der Waals surface area contributed by atoms with Crippen molar-refractivity contribution in [3.63, 3.8) is 0 Å². The molecular formula is C18H22N2O4S2. The van der Waals surface area contributed by atoms with Gasteiger partial charge in [0.1, 0.15) is 0 Å². The molecule has 0 spiro atoms. The monoisotopic (exact) mass is 394 g/mol. The number of nitrogens with zero attached hydrogens (tertiary/aromatic N) is 1. The Kier molecular flexibility index (Phi) is 6.93. The molecule has 0 saturated heterocycles. The molecule has 8 heteroatoms. The molecule has 0 unspecified atom stereocenters. The van der Waals surface area contributed by atoms with Crippen LogP contribution in [-0.4, -0.2) is 44.5 Å². The standard InChI is InChI=1S/C18H22N2O4S2/c1-3-20(12-17(21)19-11-16-5-4-10-25-16)18(22)15-8-6-14(7-9-15)13-26(2,23)24/h4-10H,3,11-13H2,1-2H3,(H,19,21). The number of thiophene rings is 1. The van der Waals surface area contributed by atoms with Crippen molar-refractivity contribution in [3.8, 4) is 0 Å². The molecular weight excluding hydrogens is 372 g/mol. The highest BCUT2D eigenvalue weighted by Crippen LogP contribution is 2.11. The van der Waals surface area contributed by atoms with Gasteiger partial charge in [0, 0.05) is 23.2 Å². The van der Waals surface area contributed by atoms with Gasteiger partial charge in [-0.3, -0.25) is 9.59 Å². The molecule has 1 aromatic heterocycles. The predicted octanol–water partition coefficient (Wildman–Crippen LogP) is 2.07. The molecule has 0 aliphatic carbocycles. The smallest absolute Gasteiger partial charge is 0.254 e. The molecule has 0 bridgehead atoms. The van der Waals surface area contributed by atoms with Gasteiger partial charge in [0.05, 0.1) is 18.8 Å². The number of benzene rings is 1. The molecule has 0 aliphatic rings. The number of carbonyl (C=O) groups excluding carboxylic acids is 2. The zero-order valence-corrected chi connectivity index (χ0v) is 16.4. The first kappa shape index (κ1) is 20.1. The van der Waals surface area contributed by atoms with Gasteiger partial charge in [0.2, 0.25) is 5.91 Å². The molecule has 2 rings (SSSR count). The summed E-state index contributed by atoms with van der Waals surface area (Å²) in [5.74, 6) is -0.545. The van der Waals surface area contributed by atoms with E-state index < -0.39 is 9.84 Å². The van der Waals surface area contributed by atoms with Crippen LogP contribution in [0.5, 0.6) is 0 Å². The Hall–Kier alpha value is -2.19. The Morgan fingerprint density at radius 1 is 1.15 bits per heavy atom. The van der Waals surface area contributed by atoms with Gasteiger partial charge in [0.15, 0.2) is 9.84 Å². The molecule has 1 aromatic carbocycles. The summed E-state index contributed by atoms with van der Waals surface area (Å²) in [4.78, 5) is 27.2. The number of likely N-dealkylation sites (N-methyl/N-ethyl adjacent to an activating group) is 1. The lowest BCUT2D eigenvalue weighted by Crippen LogP contribution is -2.40. The molecule has 6 nitrogen and oxygen atoms in total. The normalized spacial score (nSPS) is 11.2. The molecule has 0 aliphatic heterocycles. The summed E-state index contributed by atoms with van der Waals surface area (Å²) in [5, 5.41) is 4.74. The zero-order valence-electron chi connectivity index (χ0n) is 14.8. The van der Waals surface area contributed by atoms with E-state index in [2.05, 4.69) is 5.32 Å². The van der Waals surface area contributed by atoms with Gasteiger partial charge in [-0.1, -0.05) is 18.2 Å². The molecule has 0 radical (unpaired) electrons. The highest BCUT2D eigenvalue weighted by Gasteiger charge is 2.17. The van der Waals surface area contributed by atoms with Crippen LogP contribution in [0.25, 0.3) is 0 Å². The quantitative estimate of drug-likeness (QED) is 0.743. The highest BCUT2D eigenvalue weighted by molar-refractivity contribution is 7.89. The van der Waals surface area contributed by atoms with Crippen molar-refractivity contribution in [2.24, 2.45) is 0 Å². The first-order valence-corrected chi connectivity index (χ1v) is 11.1. The number of rotatable bonds is 8.